The molecule has 1 fully saturated rings. The fraction of sp³-hybridized carbons (Fsp3) is 0.100. The SMILES string of the molecule is O=C1CSC(c2cccnc2)N1c1ccc(Oc2ccc(Cl)cc2)cc1. The van der Waals surface area contributed by atoms with Crippen molar-refractivity contribution in [2.45, 2.75) is 5.37 Å². The van der Waals surface area contributed by atoms with Gasteiger partial charge in [-0.2, -0.15) is 0 Å². The molecule has 2 heterocycles. The van der Waals surface area contributed by atoms with Crippen molar-refractivity contribution < 1.29 is 9.53 Å². The number of ether oxygens (including phenoxy) is 1. The zero-order chi connectivity index (χ0) is 17.9. The van der Waals surface area contributed by atoms with E-state index in [0.29, 0.717) is 22.3 Å². The van der Waals surface area contributed by atoms with Gasteiger partial charge in [0.05, 0.1) is 5.75 Å². The Morgan fingerprint density at radius 3 is 2.38 bits per heavy atom. The molecule has 1 unspecified atom stereocenters. The highest BCUT2D eigenvalue weighted by Gasteiger charge is 2.34. The van der Waals surface area contributed by atoms with Gasteiger partial charge in [-0.1, -0.05) is 17.7 Å². The number of amides is 1. The molecule has 0 N–H and O–H groups in total. The van der Waals surface area contributed by atoms with E-state index in [1.807, 2.05) is 53.4 Å². The fourth-order valence-electron chi connectivity index (χ4n) is 2.79. The topological polar surface area (TPSA) is 42.4 Å². The third-order valence-corrected chi connectivity index (χ3v) is 5.47. The molecule has 1 saturated heterocycles. The van der Waals surface area contributed by atoms with E-state index in [2.05, 4.69) is 4.98 Å². The monoisotopic (exact) mass is 382 g/mol. The second kappa shape index (κ2) is 7.40. The predicted octanol–water partition coefficient (Wildman–Crippen LogP) is 5.31. The van der Waals surface area contributed by atoms with Gasteiger partial charge in [0.15, 0.2) is 0 Å². The van der Waals surface area contributed by atoms with E-state index in [-0.39, 0.29) is 11.3 Å². The summed E-state index contributed by atoms with van der Waals surface area (Å²) in [6, 6.07) is 18.6. The van der Waals surface area contributed by atoms with Crippen LogP contribution in [0.25, 0.3) is 0 Å². The van der Waals surface area contributed by atoms with Crippen molar-refractivity contribution in [2.24, 2.45) is 0 Å². The Morgan fingerprint density at radius 2 is 1.73 bits per heavy atom. The average molecular weight is 383 g/mol. The van der Waals surface area contributed by atoms with Crippen LogP contribution in [0.15, 0.2) is 73.1 Å². The van der Waals surface area contributed by atoms with Gasteiger partial charge < -0.3 is 4.74 Å². The molecule has 26 heavy (non-hydrogen) atoms. The molecule has 1 aliphatic heterocycles. The van der Waals surface area contributed by atoms with Gasteiger partial charge in [0.2, 0.25) is 5.91 Å². The third kappa shape index (κ3) is 3.54. The summed E-state index contributed by atoms with van der Waals surface area (Å²) >= 11 is 7.49. The molecule has 0 aliphatic carbocycles. The van der Waals surface area contributed by atoms with E-state index in [9.17, 15) is 4.79 Å². The Labute approximate surface area is 160 Å². The van der Waals surface area contributed by atoms with Crippen LogP contribution in [-0.2, 0) is 4.79 Å². The molecule has 4 nitrogen and oxygen atoms in total. The zero-order valence-corrected chi connectivity index (χ0v) is 15.3. The highest BCUT2D eigenvalue weighted by molar-refractivity contribution is 8.00. The summed E-state index contributed by atoms with van der Waals surface area (Å²) < 4.78 is 5.81. The van der Waals surface area contributed by atoms with Gasteiger partial charge in [-0.15, -0.1) is 11.8 Å². The first-order valence-electron chi connectivity index (χ1n) is 8.08. The highest BCUT2D eigenvalue weighted by Crippen LogP contribution is 2.41. The second-order valence-corrected chi connectivity index (χ2v) is 7.27. The maximum Gasteiger partial charge on any atom is 0.238 e. The minimum absolute atomic E-state index is 0.0563. The molecule has 2 aromatic carbocycles. The Balaban J connectivity index is 1.55. The van der Waals surface area contributed by atoms with E-state index in [1.54, 1.807) is 36.3 Å². The maximum absolute atomic E-state index is 12.4. The number of halogens is 1. The third-order valence-electron chi connectivity index (χ3n) is 4.00. The first-order chi connectivity index (χ1) is 12.7. The lowest BCUT2D eigenvalue weighted by Gasteiger charge is -2.24. The van der Waals surface area contributed by atoms with Crippen LogP contribution < -0.4 is 9.64 Å². The number of carbonyl (C=O) groups excluding carboxylic acids is 1. The van der Waals surface area contributed by atoms with Crippen LogP contribution in [0.4, 0.5) is 5.69 Å². The molecule has 1 aliphatic rings. The van der Waals surface area contributed by atoms with Gasteiger partial charge in [-0.25, -0.2) is 0 Å². The van der Waals surface area contributed by atoms with Crippen LogP contribution in [0.3, 0.4) is 0 Å². The lowest BCUT2D eigenvalue weighted by molar-refractivity contribution is -0.115. The molecule has 1 atom stereocenters. The van der Waals surface area contributed by atoms with E-state index in [0.717, 1.165) is 11.3 Å². The summed E-state index contributed by atoms with van der Waals surface area (Å²) in [6.07, 6.45) is 3.54. The van der Waals surface area contributed by atoms with Gasteiger partial charge in [0.25, 0.3) is 0 Å². The zero-order valence-electron chi connectivity index (χ0n) is 13.7. The van der Waals surface area contributed by atoms with Crippen molar-refractivity contribution in [1.82, 2.24) is 4.98 Å². The Bertz CT molecular complexity index is 901. The van der Waals surface area contributed by atoms with E-state index in [1.165, 1.54) is 0 Å². The molecule has 3 aromatic rings. The molecule has 0 saturated carbocycles. The normalized spacial score (nSPS) is 16.7. The summed E-state index contributed by atoms with van der Waals surface area (Å²) in [5, 5.41) is 0.610. The molecule has 4 rings (SSSR count). The first kappa shape index (κ1) is 16.9. The van der Waals surface area contributed by atoms with Crippen molar-refractivity contribution in [3.8, 4) is 11.5 Å². The molecule has 1 amide bonds. The first-order valence-corrected chi connectivity index (χ1v) is 9.50. The molecule has 1 aromatic heterocycles. The molecule has 0 bridgehead atoms. The number of benzene rings is 2. The number of hydrogen-bond acceptors (Lipinski definition) is 4. The molecule has 0 radical (unpaired) electrons. The van der Waals surface area contributed by atoms with E-state index in [4.69, 9.17) is 16.3 Å². The van der Waals surface area contributed by atoms with Gasteiger partial charge in [0.1, 0.15) is 16.9 Å². The van der Waals surface area contributed by atoms with Crippen LogP contribution in [0.1, 0.15) is 10.9 Å². The minimum Gasteiger partial charge on any atom is -0.457 e. The molecular formula is C20H15ClN2O2S. The van der Waals surface area contributed by atoms with E-state index < -0.39 is 0 Å². The van der Waals surface area contributed by atoms with Crippen LogP contribution in [0.2, 0.25) is 5.02 Å². The van der Waals surface area contributed by atoms with Crippen molar-refractivity contribution in [2.75, 3.05) is 10.7 Å². The van der Waals surface area contributed by atoms with Crippen LogP contribution in [0.5, 0.6) is 11.5 Å². The lowest BCUT2D eigenvalue weighted by atomic mass is 10.2. The summed E-state index contributed by atoms with van der Waals surface area (Å²) in [5.41, 5.74) is 1.86. The fourth-order valence-corrected chi connectivity index (χ4v) is 4.07. The summed E-state index contributed by atoms with van der Waals surface area (Å²) in [5.74, 6) is 1.97. The summed E-state index contributed by atoms with van der Waals surface area (Å²) in [6.45, 7) is 0. The van der Waals surface area contributed by atoms with Gasteiger partial charge in [-0.05, 0) is 54.6 Å². The smallest absolute Gasteiger partial charge is 0.238 e. The minimum atomic E-state index is -0.0563. The van der Waals surface area contributed by atoms with E-state index >= 15 is 0 Å². The Morgan fingerprint density at radius 1 is 1.04 bits per heavy atom. The van der Waals surface area contributed by atoms with Crippen LogP contribution in [0, 0.1) is 0 Å². The molecular weight excluding hydrogens is 368 g/mol. The van der Waals surface area contributed by atoms with Gasteiger partial charge in [0, 0.05) is 28.7 Å². The number of carbonyl (C=O) groups is 1. The van der Waals surface area contributed by atoms with Crippen molar-refractivity contribution in [1.29, 1.82) is 0 Å². The molecule has 130 valence electrons. The molecule has 0 spiro atoms. The lowest BCUT2D eigenvalue weighted by Crippen LogP contribution is -2.27. The quantitative estimate of drug-likeness (QED) is 0.613. The predicted molar refractivity (Wildman–Crippen MR) is 105 cm³/mol. The van der Waals surface area contributed by atoms with Crippen molar-refractivity contribution in [3.63, 3.8) is 0 Å². The number of pyridine rings is 1. The summed E-state index contributed by atoms with van der Waals surface area (Å²) in [4.78, 5) is 18.4. The van der Waals surface area contributed by atoms with Crippen LogP contribution >= 0.6 is 23.4 Å². The Kier molecular flexibility index (Phi) is 4.82. The maximum atomic E-state index is 12.4. The number of nitrogens with zero attached hydrogens (tertiary/aromatic N) is 2. The Hall–Kier alpha value is -2.50. The standard InChI is InChI=1S/C20H15ClN2O2S/c21-15-3-7-17(8-4-15)25-18-9-5-16(6-10-18)23-19(24)13-26-20(23)14-2-1-11-22-12-14/h1-12,20H,13H2. The number of hydrogen-bond donors (Lipinski definition) is 0. The number of anilines is 1. The largest absolute Gasteiger partial charge is 0.457 e. The number of thioether (sulfide) groups is 1. The average Bonchev–Trinajstić information content (AvgIpc) is 3.06. The summed E-state index contributed by atoms with van der Waals surface area (Å²) in [7, 11) is 0. The highest BCUT2D eigenvalue weighted by atomic mass is 35.5. The van der Waals surface area contributed by atoms with Crippen molar-refractivity contribution in [3.05, 3.63) is 83.6 Å². The van der Waals surface area contributed by atoms with Crippen molar-refractivity contribution >= 4 is 35.0 Å². The van der Waals surface area contributed by atoms with Gasteiger partial charge >= 0.3 is 0 Å². The van der Waals surface area contributed by atoms with Crippen LogP contribution in [-0.4, -0.2) is 16.6 Å². The number of rotatable bonds is 4. The second-order valence-electron chi connectivity index (χ2n) is 5.76. The number of aromatic nitrogens is 1. The van der Waals surface area contributed by atoms with Gasteiger partial charge in [-0.3, -0.25) is 14.7 Å². The molecule has 6 heteroatoms.